The fraction of sp³-hybridized carbons (Fsp3) is 0.846. The normalized spacial score (nSPS) is 14.9. The molecule has 1 heterocycles. The van der Waals surface area contributed by atoms with Crippen molar-refractivity contribution in [3.8, 4) is 0 Å². The smallest absolute Gasteiger partial charge is 0.147 e. The average molecular weight is 238 g/mol. The molecule has 2 atom stereocenters. The fourth-order valence-corrected chi connectivity index (χ4v) is 2.48. The van der Waals surface area contributed by atoms with Crippen LogP contribution in [0.4, 0.5) is 0 Å². The molecule has 0 saturated heterocycles. The lowest BCUT2D eigenvalue weighted by molar-refractivity contribution is 0.299. The summed E-state index contributed by atoms with van der Waals surface area (Å²) in [7, 11) is 0. The van der Waals surface area contributed by atoms with Crippen LogP contribution in [0.15, 0.2) is 0 Å². The zero-order valence-electron chi connectivity index (χ0n) is 11.8. The molecule has 98 valence electrons. The van der Waals surface area contributed by atoms with Gasteiger partial charge < -0.3 is 5.32 Å². The second-order valence-electron chi connectivity index (χ2n) is 4.58. The van der Waals surface area contributed by atoms with E-state index in [0.717, 1.165) is 24.6 Å². The van der Waals surface area contributed by atoms with Crippen LogP contribution in [0.3, 0.4) is 0 Å². The summed E-state index contributed by atoms with van der Waals surface area (Å²) >= 11 is 0. The molecule has 0 radical (unpaired) electrons. The SMILES string of the molecule is CCCC(NCC)C(CC)n1nc(C)nc1C. The summed E-state index contributed by atoms with van der Waals surface area (Å²) in [6.07, 6.45) is 3.47. The highest BCUT2D eigenvalue weighted by Crippen LogP contribution is 2.20. The second-order valence-corrected chi connectivity index (χ2v) is 4.58. The number of nitrogens with zero attached hydrogens (tertiary/aromatic N) is 3. The molecule has 1 N–H and O–H groups in total. The summed E-state index contributed by atoms with van der Waals surface area (Å²) in [5, 5.41) is 8.11. The number of aromatic nitrogens is 3. The number of aryl methyl sites for hydroxylation is 2. The molecular formula is C13H26N4. The zero-order chi connectivity index (χ0) is 12.8. The first kappa shape index (κ1) is 14.2. The van der Waals surface area contributed by atoms with Crippen molar-refractivity contribution < 1.29 is 0 Å². The van der Waals surface area contributed by atoms with E-state index in [2.05, 4.69) is 40.9 Å². The molecule has 4 heteroatoms. The van der Waals surface area contributed by atoms with Crippen LogP contribution in [-0.4, -0.2) is 27.4 Å². The summed E-state index contributed by atoms with van der Waals surface area (Å²) in [6.45, 7) is 11.6. The molecule has 1 aromatic heterocycles. The van der Waals surface area contributed by atoms with Gasteiger partial charge in [-0.05, 0) is 33.2 Å². The number of likely N-dealkylation sites (N-methyl/N-ethyl adjacent to an activating group) is 1. The van der Waals surface area contributed by atoms with E-state index in [9.17, 15) is 0 Å². The molecule has 4 nitrogen and oxygen atoms in total. The van der Waals surface area contributed by atoms with Crippen LogP contribution in [0.25, 0.3) is 0 Å². The number of nitrogens with one attached hydrogen (secondary N) is 1. The van der Waals surface area contributed by atoms with Gasteiger partial charge in [0.2, 0.25) is 0 Å². The third-order valence-corrected chi connectivity index (χ3v) is 3.17. The predicted molar refractivity (Wildman–Crippen MR) is 71.2 cm³/mol. The maximum absolute atomic E-state index is 4.53. The molecule has 0 aliphatic carbocycles. The van der Waals surface area contributed by atoms with E-state index in [4.69, 9.17) is 0 Å². The van der Waals surface area contributed by atoms with E-state index in [1.807, 2.05) is 13.8 Å². The van der Waals surface area contributed by atoms with Crippen LogP contribution < -0.4 is 5.32 Å². The molecule has 1 aromatic rings. The third-order valence-electron chi connectivity index (χ3n) is 3.17. The van der Waals surface area contributed by atoms with Crippen LogP contribution in [0, 0.1) is 13.8 Å². The molecule has 0 aliphatic rings. The van der Waals surface area contributed by atoms with Crippen LogP contribution in [0.5, 0.6) is 0 Å². The highest BCUT2D eigenvalue weighted by Gasteiger charge is 2.22. The lowest BCUT2D eigenvalue weighted by Gasteiger charge is -2.27. The van der Waals surface area contributed by atoms with Crippen molar-refractivity contribution in [1.82, 2.24) is 20.1 Å². The van der Waals surface area contributed by atoms with Gasteiger partial charge in [0, 0.05) is 6.04 Å². The Morgan fingerprint density at radius 1 is 1.24 bits per heavy atom. The first-order valence-electron chi connectivity index (χ1n) is 6.77. The Morgan fingerprint density at radius 2 is 1.94 bits per heavy atom. The molecule has 0 bridgehead atoms. The van der Waals surface area contributed by atoms with Crippen molar-refractivity contribution in [1.29, 1.82) is 0 Å². The predicted octanol–water partition coefficient (Wildman–Crippen LogP) is 2.62. The summed E-state index contributed by atoms with van der Waals surface area (Å²) in [6, 6.07) is 0.908. The highest BCUT2D eigenvalue weighted by atomic mass is 15.4. The zero-order valence-corrected chi connectivity index (χ0v) is 11.8. The van der Waals surface area contributed by atoms with E-state index >= 15 is 0 Å². The average Bonchev–Trinajstić information content (AvgIpc) is 2.60. The van der Waals surface area contributed by atoms with Gasteiger partial charge in [0.05, 0.1) is 6.04 Å². The molecule has 2 unspecified atom stereocenters. The van der Waals surface area contributed by atoms with Crippen LogP contribution in [0.1, 0.15) is 57.7 Å². The molecular weight excluding hydrogens is 212 g/mol. The Morgan fingerprint density at radius 3 is 2.35 bits per heavy atom. The minimum Gasteiger partial charge on any atom is -0.312 e. The quantitative estimate of drug-likeness (QED) is 0.794. The summed E-state index contributed by atoms with van der Waals surface area (Å²) < 4.78 is 2.10. The standard InChI is InChI=1S/C13H26N4/c1-6-9-12(14-8-3)13(7-2)17-11(5)15-10(4)16-17/h12-14H,6-9H2,1-5H3. The van der Waals surface area contributed by atoms with E-state index in [0.29, 0.717) is 12.1 Å². The monoisotopic (exact) mass is 238 g/mol. The fourth-order valence-electron chi connectivity index (χ4n) is 2.48. The molecule has 0 saturated carbocycles. The van der Waals surface area contributed by atoms with Gasteiger partial charge in [0.1, 0.15) is 11.6 Å². The Balaban J connectivity index is 2.90. The molecule has 17 heavy (non-hydrogen) atoms. The summed E-state index contributed by atoms with van der Waals surface area (Å²) in [5.41, 5.74) is 0. The molecule has 0 aliphatic heterocycles. The van der Waals surface area contributed by atoms with E-state index in [-0.39, 0.29) is 0 Å². The Labute approximate surface area is 105 Å². The van der Waals surface area contributed by atoms with Crippen molar-refractivity contribution in [2.45, 2.75) is 66.0 Å². The topological polar surface area (TPSA) is 42.7 Å². The van der Waals surface area contributed by atoms with E-state index in [1.165, 1.54) is 12.8 Å². The van der Waals surface area contributed by atoms with Crippen LogP contribution in [0.2, 0.25) is 0 Å². The number of rotatable bonds is 7. The highest BCUT2D eigenvalue weighted by molar-refractivity contribution is 4.93. The van der Waals surface area contributed by atoms with Crippen molar-refractivity contribution in [3.05, 3.63) is 11.6 Å². The Hall–Kier alpha value is -0.900. The number of hydrogen-bond acceptors (Lipinski definition) is 3. The van der Waals surface area contributed by atoms with Crippen molar-refractivity contribution in [3.63, 3.8) is 0 Å². The van der Waals surface area contributed by atoms with Crippen LogP contribution in [-0.2, 0) is 0 Å². The van der Waals surface area contributed by atoms with Gasteiger partial charge in [-0.25, -0.2) is 9.67 Å². The van der Waals surface area contributed by atoms with Crippen molar-refractivity contribution >= 4 is 0 Å². The third kappa shape index (κ3) is 3.53. The molecule has 0 fully saturated rings. The lowest BCUT2D eigenvalue weighted by atomic mass is 10.0. The first-order chi connectivity index (χ1) is 8.13. The van der Waals surface area contributed by atoms with Gasteiger partial charge in [-0.1, -0.05) is 27.2 Å². The molecule has 0 amide bonds. The van der Waals surface area contributed by atoms with Crippen molar-refractivity contribution in [2.24, 2.45) is 0 Å². The van der Waals surface area contributed by atoms with Gasteiger partial charge in [-0.15, -0.1) is 0 Å². The van der Waals surface area contributed by atoms with Gasteiger partial charge in [-0.2, -0.15) is 5.10 Å². The molecule has 0 spiro atoms. The second kappa shape index (κ2) is 6.74. The summed E-state index contributed by atoms with van der Waals surface area (Å²) in [4.78, 5) is 4.41. The van der Waals surface area contributed by atoms with E-state index < -0.39 is 0 Å². The van der Waals surface area contributed by atoms with Crippen molar-refractivity contribution in [2.75, 3.05) is 6.54 Å². The van der Waals surface area contributed by atoms with Gasteiger partial charge >= 0.3 is 0 Å². The Kier molecular flexibility index (Phi) is 5.62. The number of hydrogen-bond donors (Lipinski definition) is 1. The molecule has 1 rings (SSSR count). The van der Waals surface area contributed by atoms with Gasteiger partial charge in [-0.3, -0.25) is 0 Å². The maximum atomic E-state index is 4.53. The summed E-state index contributed by atoms with van der Waals surface area (Å²) in [5.74, 6) is 1.89. The first-order valence-corrected chi connectivity index (χ1v) is 6.77. The van der Waals surface area contributed by atoms with Gasteiger partial charge in [0.25, 0.3) is 0 Å². The van der Waals surface area contributed by atoms with E-state index in [1.54, 1.807) is 0 Å². The maximum Gasteiger partial charge on any atom is 0.147 e. The van der Waals surface area contributed by atoms with Gasteiger partial charge in [0.15, 0.2) is 0 Å². The largest absolute Gasteiger partial charge is 0.312 e. The van der Waals surface area contributed by atoms with Crippen LogP contribution >= 0.6 is 0 Å². The molecule has 0 aromatic carbocycles. The minimum atomic E-state index is 0.413. The minimum absolute atomic E-state index is 0.413. The Bertz CT molecular complexity index is 326. The lowest BCUT2D eigenvalue weighted by Crippen LogP contribution is -2.38.